The second-order valence-electron chi connectivity index (χ2n) is 6.06. The van der Waals surface area contributed by atoms with E-state index in [1.54, 1.807) is 42.5 Å². The van der Waals surface area contributed by atoms with Crippen molar-refractivity contribution in [1.29, 1.82) is 0 Å². The molecule has 158 valence electrons. The molecular weight excluding hydrogens is 404 g/mol. The summed E-state index contributed by atoms with van der Waals surface area (Å²) in [7, 11) is 2.99. The van der Waals surface area contributed by atoms with Crippen molar-refractivity contribution in [3.05, 3.63) is 82.0 Å². The van der Waals surface area contributed by atoms with E-state index in [9.17, 15) is 14.9 Å². The number of hydrogen-bond donors (Lipinski definition) is 1. The molecule has 1 heterocycles. The van der Waals surface area contributed by atoms with E-state index in [1.165, 1.54) is 32.6 Å². The van der Waals surface area contributed by atoms with Gasteiger partial charge in [-0.2, -0.15) is 5.10 Å². The third-order valence-corrected chi connectivity index (χ3v) is 4.05. The summed E-state index contributed by atoms with van der Waals surface area (Å²) in [5.41, 5.74) is 3.36. The summed E-state index contributed by atoms with van der Waals surface area (Å²) in [5, 5.41) is 14.7. The molecule has 31 heavy (non-hydrogen) atoms. The van der Waals surface area contributed by atoms with Crippen LogP contribution in [-0.2, 0) is 0 Å². The average Bonchev–Trinajstić information content (AvgIpc) is 2.80. The molecule has 0 bridgehead atoms. The Morgan fingerprint density at radius 2 is 1.94 bits per heavy atom. The second-order valence-corrected chi connectivity index (χ2v) is 6.06. The molecule has 1 aromatic heterocycles. The fourth-order valence-electron chi connectivity index (χ4n) is 2.50. The summed E-state index contributed by atoms with van der Waals surface area (Å²) in [5.74, 6) is 1.12. The van der Waals surface area contributed by atoms with Crippen LogP contribution >= 0.6 is 0 Å². The van der Waals surface area contributed by atoms with Gasteiger partial charge < -0.3 is 14.2 Å². The Bertz CT molecular complexity index is 1120. The molecule has 0 spiro atoms. The number of methoxy groups -OCH3 is 2. The minimum atomic E-state index is -0.543. The highest BCUT2D eigenvalue weighted by Gasteiger charge is 2.10. The van der Waals surface area contributed by atoms with Gasteiger partial charge in [-0.3, -0.25) is 14.9 Å². The summed E-state index contributed by atoms with van der Waals surface area (Å²) in [6, 6.07) is 14.4. The van der Waals surface area contributed by atoms with Crippen molar-refractivity contribution in [2.75, 3.05) is 14.2 Å². The molecule has 10 nitrogen and oxygen atoms in total. The first kappa shape index (κ1) is 21.2. The molecule has 10 heteroatoms. The Hall–Kier alpha value is -4.47. The van der Waals surface area contributed by atoms with Gasteiger partial charge in [0.2, 0.25) is 5.88 Å². The van der Waals surface area contributed by atoms with Crippen molar-refractivity contribution >= 4 is 17.8 Å². The maximum atomic E-state index is 12.2. The van der Waals surface area contributed by atoms with E-state index in [0.29, 0.717) is 28.4 Å². The number of nitrogens with one attached hydrogen (secondary N) is 1. The first-order chi connectivity index (χ1) is 15.0. The number of hydrazone groups is 1. The maximum Gasteiger partial charge on any atom is 0.287 e. The average molecular weight is 422 g/mol. The summed E-state index contributed by atoms with van der Waals surface area (Å²) in [6.45, 7) is 0. The van der Waals surface area contributed by atoms with Crippen LogP contribution in [-0.4, -0.2) is 36.2 Å². The lowest BCUT2D eigenvalue weighted by Crippen LogP contribution is -2.17. The lowest BCUT2D eigenvalue weighted by molar-refractivity contribution is -0.385. The summed E-state index contributed by atoms with van der Waals surface area (Å²) in [4.78, 5) is 26.2. The first-order valence-corrected chi connectivity index (χ1v) is 8.94. The molecule has 0 fully saturated rings. The van der Waals surface area contributed by atoms with Crippen LogP contribution in [0.1, 0.15) is 15.9 Å². The molecule has 2 aromatic carbocycles. The molecular formula is C21H18N4O6. The first-order valence-electron chi connectivity index (χ1n) is 8.94. The fourth-order valence-corrected chi connectivity index (χ4v) is 2.50. The predicted octanol–water partition coefficient (Wildman–Crippen LogP) is 3.56. The van der Waals surface area contributed by atoms with E-state index in [2.05, 4.69) is 15.5 Å². The molecule has 0 saturated carbocycles. The Morgan fingerprint density at radius 1 is 1.10 bits per heavy atom. The Balaban J connectivity index is 1.67. The zero-order valence-corrected chi connectivity index (χ0v) is 16.6. The number of carbonyl (C=O) groups is 1. The minimum absolute atomic E-state index is 0.137. The highest BCUT2D eigenvalue weighted by atomic mass is 16.6. The molecule has 0 radical (unpaired) electrons. The van der Waals surface area contributed by atoms with Crippen LogP contribution in [0.2, 0.25) is 0 Å². The molecule has 0 aliphatic rings. The van der Waals surface area contributed by atoms with Gasteiger partial charge in [0.05, 0.1) is 25.4 Å². The normalized spacial score (nSPS) is 10.5. The molecule has 3 rings (SSSR count). The van der Waals surface area contributed by atoms with Gasteiger partial charge in [0, 0.05) is 17.7 Å². The van der Waals surface area contributed by atoms with Gasteiger partial charge in [-0.1, -0.05) is 6.07 Å². The molecule has 3 aromatic rings. The largest absolute Gasteiger partial charge is 0.497 e. The molecule has 0 unspecified atom stereocenters. The van der Waals surface area contributed by atoms with Crippen LogP contribution in [0.3, 0.4) is 0 Å². The second kappa shape index (κ2) is 9.83. The van der Waals surface area contributed by atoms with Crippen molar-refractivity contribution in [2.24, 2.45) is 5.10 Å². The Morgan fingerprint density at radius 3 is 2.61 bits per heavy atom. The quantitative estimate of drug-likeness (QED) is 0.334. The number of hydrogen-bond acceptors (Lipinski definition) is 8. The van der Waals surface area contributed by atoms with Gasteiger partial charge in [0.25, 0.3) is 11.6 Å². The highest BCUT2D eigenvalue weighted by Crippen LogP contribution is 2.31. The molecule has 0 aliphatic carbocycles. The van der Waals surface area contributed by atoms with Crippen LogP contribution < -0.4 is 19.6 Å². The van der Waals surface area contributed by atoms with E-state index in [0.717, 1.165) is 6.20 Å². The van der Waals surface area contributed by atoms with Crippen molar-refractivity contribution in [3.8, 4) is 23.1 Å². The predicted molar refractivity (Wildman–Crippen MR) is 112 cm³/mol. The van der Waals surface area contributed by atoms with E-state index >= 15 is 0 Å². The van der Waals surface area contributed by atoms with Crippen LogP contribution in [0, 0.1) is 10.1 Å². The van der Waals surface area contributed by atoms with E-state index in [-0.39, 0.29) is 17.5 Å². The zero-order valence-electron chi connectivity index (χ0n) is 16.6. The lowest BCUT2D eigenvalue weighted by Gasteiger charge is -2.10. The zero-order chi connectivity index (χ0) is 22.2. The van der Waals surface area contributed by atoms with Gasteiger partial charge >= 0.3 is 0 Å². The monoisotopic (exact) mass is 422 g/mol. The van der Waals surface area contributed by atoms with Crippen LogP contribution in [0.4, 0.5) is 5.69 Å². The van der Waals surface area contributed by atoms with Gasteiger partial charge in [-0.15, -0.1) is 0 Å². The Kier molecular flexibility index (Phi) is 6.74. The summed E-state index contributed by atoms with van der Waals surface area (Å²) < 4.78 is 16.0. The maximum absolute atomic E-state index is 12.2. The third-order valence-electron chi connectivity index (χ3n) is 4.05. The standard InChI is InChI=1S/C21H18N4O6/c1-29-17-5-3-4-15(11-17)21(26)24-23-12-14-6-8-18(19(10-14)30-2)31-20-9-7-16(13-22-20)25(27)28/h3-13H,1-2H3,(H,24,26)/b23-12+. The smallest absolute Gasteiger partial charge is 0.287 e. The van der Waals surface area contributed by atoms with Gasteiger partial charge in [0.15, 0.2) is 11.5 Å². The van der Waals surface area contributed by atoms with Gasteiger partial charge in [0.1, 0.15) is 11.9 Å². The van der Waals surface area contributed by atoms with E-state index in [4.69, 9.17) is 14.2 Å². The number of nitrogens with zero attached hydrogens (tertiary/aromatic N) is 3. The van der Waals surface area contributed by atoms with Crippen LogP contribution in [0.25, 0.3) is 0 Å². The van der Waals surface area contributed by atoms with E-state index in [1.807, 2.05) is 0 Å². The fraction of sp³-hybridized carbons (Fsp3) is 0.0952. The lowest BCUT2D eigenvalue weighted by atomic mass is 10.2. The highest BCUT2D eigenvalue weighted by molar-refractivity contribution is 5.95. The third kappa shape index (κ3) is 5.54. The molecule has 0 saturated heterocycles. The SMILES string of the molecule is COc1cccc(C(=O)N/N=C/c2ccc(Oc3ccc([N+](=O)[O-])cn3)c(OC)c2)c1. The number of rotatable bonds is 8. The Labute approximate surface area is 177 Å². The van der Waals surface area contributed by atoms with Crippen molar-refractivity contribution in [2.45, 2.75) is 0 Å². The van der Waals surface area contributed by atoms with Crippen LogP contribution in [0.5, 0.6) is 23.1 Å². The summed E-state index contributed by atoms with van der Waals surface area (Å²) >= 11 is 0. The van der Waals surface area contributed by atoms with Gasteiger partial charge in [-0.25, -0.2) is 10.4 Å². The number of nitro groups is 1. The minimum Gasteiger partial charge on any atom is -0.497 e. The van der Waals surface area contributed by atoms with E-state index < -0.39 is 4.92 Å². The topological polar surface area (TPSA) is 125 Å². The molecule has 1 N–H and O–H groups in total. The number of aromatic nitrogens is 1. The van der Waals surface area contributed by atoms with Gasteiger partial charge in [-0.05, 0) is 42.0 Å². The molecule has 1 amide bonds. The number of ether oxygens (including phenoxy) is 3. The summed E-state index contributed by atoms with van der Waals surface area (Å²) in [6.07, 6.45) is 2.56. The number of amides is 1. The van der Waals surface area contributed by atoms with Crippen LogP contribution in [0.15, 0.2) is 65.9 Å². The van der Waals surface area contributed by atoms with Crippen molar-refractivity contribution < 1.29 is 23.9 Å². The van der Waals surface area contributed by atoms with Crippen molar-refractivity contribution in [3.63, 3.8) is 0 Å². The number of carbonyl (C=O) groups excluding carboxylic acids is 1. The number of benzene rings is 2. The molecule has 0 aliphatic heterocycles. The number of pyridine rings is 1. The molecule has 0 atom stereocenters. The van der Waals surface area contributed by atoms with Crippen molar-refractivity contribution in [1.82, 2.24) is 10.4 Å².